The number of hydrogen-bond donors (Lipinski definition) is 5. The molecule has 25 heteroatoms. The number of hydrogen-bond acceptors (Lipinski definition) is 17. The number of nitro groups is 1. The number of nitriles is 1. The predicted molar refractivity (Wildman–Crippen MR) is 202 cm³/mol. The van der Waals surface area contributed by atoms with Gasteiger partial charge in [0.15, 0.2) is 11.6 Å². The molecule has 294 valence electrons. The van der Waals surface area contributed by atoms with Crippen LogP contribution >= 0.6 is 11.6 Å². The molecule has 57 heavy (non-hydrogen) atoms. The first-order chi connectivity index (χ1) is 26.7. The van der Waals surface area contributed by atoms with Crippen LogP contribution in [0.5, 0.6) is 5.75 Å². The predicted octanol–water partition coefficient (Wildman–Crippen LogP) is 7.89. The quantitative estimate of drug-likeness (QED) is 0.0325. The number of nitrogens with one attached hydrogen (secondary N) is 2. The minimum absolute atomic E-state index is 0.00194. The van der Waals surface area contributed by atoms with Crippen LogP contribution in [0.3, 0.4) is 0 Å². The van der Waals surface area contributed by atoms with Crippen molar-refractivity contribution in [3.05, 3.63) is 105 Å². The second kappa shape index (κ2) is 16.3. The van der Waals surface area contributed by atoms with Gasteiger partial charge in [-0.3, -0.25) is 23.8 Å². The van der Waals surface area contributed by atoms with Gasteiger partial charge in [-0.25, -0.2) is 4.98 Å². The van der Waals surface area contributed by atoms with E-state index in [0.717, 1.165) is 36.4 Å². The van der Waals surface area contributed by atoms with Crippen molar-refractivity contribution >= 4 is 93.4 Å². The Balaban J connectivity index is 1.57. The molecule has 0 radical (unpaired) electrons. The van der Waals surface area contributed by atoms with E-state index in [9.17, 15) is 54.3 Å². The Morgan fingerprint density at radius 1 is 0.754 bits per heavy atom. The van der Waals surface area contributed by atoms with Gasteiger partial charge in [0, 0.05) is 35.1 Å². The molecular formula is C32H24ClN9O12S3. The maximum Gasteiger partial charge on any atom is 0.297 e. The highest BCUT2D eigenvalue weighted by Gasteiger charge is 2.22. The third-order valence-electron chi connectivity index (χ3n) is 7.56. The largest absolute Gasteiger partial charge is 0.494 e. The second-order valence-corrected chi connectivity index (χ2v) is 15.9. The molecule has 5 rings (SSSR count). The van der Waals surface area contributed by atoms with Crippen LogP contribution in [0.25, 0.3) is 0 Å². The SMILES string of the molecule is COc1cc(N=Nc2ccc([N+](=O)[O-])cc2S(=O)(=O)O)c(Cl)cc1N=Nc1c(Nc2ccc(S(=O)(=O)O)cc2)nc(Nc2ccc(S(=O)(=O)O)cc2)c(C#N)c1C. The van der Waals surface area contributed by atoms with E-state index in [0.29, 0.717) is 6.07 Å². The zero-order valence-corrected chi connectivity index (χ0v) is 32.0. The van der Waals surface area contributed by atoms with E-state index >= 15 is 0 Å². The minimum Gasteiger partial charge on any atom is -0.494 e. The lowest BCUT2D eigenvalue weighted by molar-refractivity contribution is -0.385. The molecule has 0 aliphatic heterocycles. The Morgan fingerprint density at radius 3 is 1.77 bits per heavy atom. The number of methoxy groups -OCH3 is 1. The lowest BCUT2D eigenvalue weighted by Gasteiger charge is -2.16. The van der Waals surface area contributed by atoms with Crippen molar-refractivity contribution in [1.82, 2.24) is 4.98 Å². The van der Waals surface area contributed by atoms with Crippen LogP contribution in [0.1, 0.15) is 11.1 Å². The summed E-state index contributed by atoms with van der Waals surface area (Å²) in [6.07, 6.45) is 0. The third-order valence-corrected chi connectivity index (χ3v) is 10.5. The summed E-state index contributed by atoms with van der Waals surface area (Å²) in [5.41, 5.74) is -0.497. The topological polar surface area (TPSA) is 326 Å². The number of nitrogens with zero attached hydrogens (tertiary/aromatic N) is 7. The molecule has 1 heterocycles. The van der Waals surface area contributed by atoms with Crippen molar-refractivity contribution in [2.24, 2.45) is 20.5 Å². The Kier molecular flexibility index (Phi) is 11.9. The number of nitro benzene ring substituents is 1. The number of ether oxygens (including phenoxy) is 1. The molecule has 0 aliphatic carbocycles. The summed E-state index contributed by atoms with van der Waals surface area (Å²) in [4.78, 5) is 13.1. The van der Waals surface area contributed by atoms with Gasteiger partial charge in [0.25, 0.3) is 36.0 Å². The molecule has 0 atom stereocenters. The zero-order valence-electron chi connectivity index (χ0n) is 28.8. The number of halogens is 1. The number of benzene rings is 4. The molecule has 0 saturated heterocycles. The van der Waals surface area contributed by atoms with Gasteiger partial charge in [-0.15, -0.1) is 20.5 Å². The first-order valence-corrected chi connectivity index (χ1v) is 20.0. The molecule has 1 aromatic heterocycles. The summed E-state index contributed by atoms with van der Waals surface area (Å²) in [6, 6.07) is 16.7. The van der Waals surface area contributed by atoms with Crippen molar-refractivity contribution in [1.29, 1.82) is 5.26 Å². The first-order valence-electron chi connectivity index (χ1n) is 15.3. The molecule has 5 N–H and O–H groups in total. The van der Waals surface area contributed by atoms with Gasteiger partial charge < -0.3 is 15.4 Å². The second-order valence-electron chi connectivity index (χ2n) is 11.3. The fourth-order valence-corrected chi connectivity index (χ4v) is 6.59. The van der Waals surface area contributed by atoms with Crippen LogP contribution < -0.4 is 15.4 Å². The van der Waals surface area contributed by atoms with Crippen molar-refractivity contribution in [3.8, 4) is 11.8 Å². The minimum atomic E-state index is -4.96. The number of non-ortho nitro benzene ring substituents is 1. The first kappa shape index (κ1) is 41.7. The van der Waals surface area contributed by atoms with Crippen LogP contribution in [0.15, 0.2) is 114 Å². The van der Waals surface area contributed by atoms with E-state index in [1.54, 1.807) is 0 Å². The summed E-state index contributed by atoms with van der Waals surface area (Å²) in [5, 5.41) is 43.3. The van der Waals surface area contributed by atoms with Gasteiger partial charge >= 0.3 is 0 Å². The summed E-state index contributed by atoms with van der Waals surface area (Å²) >= 11 is 6.45. The molecule has 0 unspecified atom stereocenters. The highest BCUT2D eigenvalue weighted by atomic mass is 35.5. The number of rotatable bonds is 13. The lowest BCUT2D eigenvalue weighted by Crippen LogP contribution is -2.05. The molecule has 0 amide bonds. The van der Waals surface area contributed by atoms with E-state index < -0.39 is 56.4 Å². The van der Waals surface area contributed by atoms with Crippen molar-refractivity contribution in [2.45, 2.75) is 21.6 Å². The van der Waals surface area contributed by atoms with Crippen LogP contribution in [0.2, 0.25) is 5.02 Å². The Morgan fingerprint density at radius 2 is 1.28 bits per heavy atom. The van der Waals surface area contributed by atoms with Crippen LogP contribution in [-0.4, -0.2) is 55.9 Å². The molecule has 0 spiro atoms. The van der Waals surface area contributed by atoms with Gasteiger partial charge in [-0.05, 0) is 67.6 Å². The van der Waals surface area contributed by atoms with Crippen LogP contribution in [-0.2, 0) is 30.4 Å². The van der Waals surface area contributed by atoms with E-state index in [4.69, 9.17) is 16.3 Å². The average molecular weight is 858 g/mol. The smallest absolute Gasteiger partial charge is 0.297 e. The zero-order chi connectivity index (χ0) is 41.9. The van der Waals surface area contributed by atoms with Crippen LogP contribution in [0, 0.1) is 28.4 Å². The molecule has 0 aliphatic rings. The van der Waals surface area contributed by atoms with Gasteiger partial charge in [0.1, 0.15) is 39.5 Å². The van der Waals surface area contributed by atoms with Crippen LogP contribution in [0.4, 0.5) is 51.4 Å². The van der Waals surface area contributed by atoms with Crippen molar-refractivity contribution in [2.75, 3.05) is 17.7 Å². The fourth-order valence-electron chi connectivity index (χ4n) is 4.79. The third kappa shape index (κ3) is 9.86. The maximum absolute atomic E-state index is 11.9. The maximum atomic E-state index is 11.9. The summed E-state index contributed by atoms with van der Waals surface area (Å²) in [5.74, 6) is -0.0740. The van der Waals surface area contributed by atoms with E-state index in [1.165, 1.54) is 50.4 Å². The number of anilines is 4. The monoisotopic (exact) mass is 857 g/mol. The Bertz CT molecular complexity index is 2870. The van der Waals surface area contributed by atoms with E-state index in [-0.39, 0.29) is 66.9 Å². The lowest BCUT2D eigenvalue weighted by atomic mass is 10.1. The van der Waals surface area contributed by atoms with Crippen molar-refractivity contribution in [3.63, 3.8) is 0 Å². The summed E-state index contributed by atoms with van der Waals surface area (Å²) in [7, 11) is -12.7. The fraction of sp³-hybridized carbons (Fsp3) is 0.0625. The summed E-state index contributed by atoms with van der Waals surface area (Å²) < 4.78 is 104. The number of pyridine rings is 1. The van der Waals surface area contributed by atoms with Gasteiger partial charge in [0.05, 0.1) is 32.4 Å². The molecule has 0 saturated carbocycles. The Labute approximate surface area is 327 Å². The Hall–Kier alpha value is -6.46. The van der Waals surface area contributed by atoms with E-state index in [2.05, 4.69) is 36.1 Å². The van der Waals surface area contributed by atoms with Gasteiger partial charge in [0.2, 0.25) is 0 Å². The van der Waals surface area contributed by atoms with Gasteiger partial charge in [-0.1, -0.05) is 11.6 Å². The molecule has 5 aromatic rings. The molecular weight excluding hydrogens is 834 g/mol. The van der Waals surface area contributed by atoms with Crippen molar-refractivity contribution < 1.29 is 48.6 Å². The number of aromatic nitrogens is 1. The van der Waals surface area contributed by atoms with Gasteiger partial charge in [-0.2, -0.15) is 30.5 Å². The molecule has 0 fully saturated rings. The standard InChI is InChI=1S/C32H24ClN9O12S3/c1-17-23(16-34)31(35-18-3-8-21(9-4-18)55(45,46)47)37-32(36-19-5-10-22(11-6-19)56(48,49)50)30(17)41-40-27-14-24(33)26(15-28(27)54-2)39-38-25-12-7-20(42(43)44)13-29(25)57(51,52)53/h3-15H,1-2H3,(H2,35,36,37)(H,45,46,47)(H,48,49,50)(H,51,52,53). The molecule has 4 aromatic carbocycles. The normalized spacial score (nSPS) is 12.1. The average Bonchev–Trinajstić information content (AvgIpc) is 3.13. The molecule has 21 nitrogen and oxygen atoms in total. The number of azo groups is 2. The summed E-state index contributed by atoms with van der Waals surface area (Å²) in [6.45, 7) is 1.51. The molecule has 0 bridgehead atoms. The highest BCUT2D eigenvalue weighted by molar-refractivity contribution is 7.86. The highest BCUT2D eigenvalue weighted by Crippen LogP contribution is 2.42. The van der Waals surface area contributed by atoms with E-state index in [1.807, 2.05) is 6.07 Å².